The fourth-order valence-electron chi connectivity index (χ4n) is 2.24. The minimum absolute atomic E-state index is 0.0289. The number of anilines is 1. The molecule has 1 atom stereocenters. The molecule has 7 nitrogen and oxygen atoms in total. The van der Waals surface area contributed by atoms with Gasteiger partial charge < -0.3 is 10.6 Å². The number of hydrogen-bond donors (Lipinski definition) is 2. The predicted octanol–water partition coefficient (Wildman–Crippen LogP) is 1.65. The Morgan fingerprint density at radius 3 is 2.83 bits per heavy atom. The fourth-order valence-corrected chi connectivity index (χ4v) is 2.24. The Hall–Kier alpha value is -2.70. The maximum atomic E-state index is 12.3. The topological polar surface area (TPSA) is 88.9 Å². The molecule has 2 N–H and O–H groups in total. The summed E-state index contributed by atoms with van der Waals surface area (Å²) in [6.07, 6.45) is 6.95. The molecule has 2 aromatic rings. The predicted molar refractivity (Wildman–Crippen MR) is 84.7 cm³/mol. The molecule has 0 saturated heterocycles. The average Bonchev–Trinajstić information content (AvgIpc) is 3.29. The number of carbonyl (C=O) groups excluding carboxylic acids is 2. The highest BCUT2D eigenvalue weighted by Crippen LogP contribution is 2.29. The summed E-state index contributed by atoms with van der Waals surface area (Å²) >= 11 is 0. The van der Waals surface area contributed by atoms with Gasteiger partial charge >= 0.3 is 0 Å². The molecule has 3 rings (SSSR count). The van der Waals surface area contributed by atoms with Crippen molar-refractivity contribution in [1.29, 1.82) is 0 Å². The van der Waals surface area contributed by atoms with E-state index in [9.17, 15) is 9.59 Å². The summed E-state index contributed by atoms with van der Waals surface area (Å²) in [4.78, 5) is 28.2. The smallest absolute Gasteiger partial charge is 0.251 e. The van der Waals surface area contributed by atoms with E-state index in [-0.39, 0.29) is 23.8 Å². The van der Waals surface area contributed by atoms with E-state index in [4.69, 9.17) is 0 Å². The van der Waals surface area contributed by atoms with Gasteiger partial charge in [-0.05, 0) is 31.9 Å². The molecule has 0 bridgehead atoms. The van der Waals surface area contributed by atoms with Crippen molar-refractivity contribution in [3.63, 3.8) is 0 Å². The van der Waals surface area contributed by atoms with Gasteiger partial charge in [-0.1, -0.05) is 0 Å². The average molecular weight is 313 g/mol. The van der Waals surface area contributed by atoms with Gasteiger partial charge in [-0.15, -0.1) is 0 Å². The molecule has 1 aliphatic carbocycles. The van der Waals surface area contributed by atoms with Crippen molar-refractivity contribution in [3.05, 3.63) is 41.9 Å². The van der Waals surface area contributed by atoms with Crippen molar-refractivity contribution in [2.45, 2.75) is 25.8 Å². The van der Waals surface area contributed by atoms with E-state index in [0.29, 0.717) is 11.4 Å². The second-order valence-corrected chi connectivity index (χ2v) is 5.84. The molecular formula is C16H19N5O2. The molecule has 2 heterocycles. The third-order valence-corrected chi connectivity index (χ3v) is 3.79. The van der Waals surface area contributed by atoms with Crippen molar-refractivity contribution in [2.75, 3.05) is 5.32 Å². The van der Waals surface area contributed by atoms with Crippen LogP contribution in [0.2, 0.25) is 0 Å². The number of rotatable bonds is 5. The third-order valence-electron chi connectivity index (χ3n) is 3.79. The lowest BCUT2D eigenvalue weighted by molar-refractivity contribution is -0.117. The maximum absolute atomic E-state index is 12.3. The fraction of sp³-hybridized carbons (Fsp3) is 0.375. The van der Waals surface area contributed by atoms with E-state index >= 15 is 0 Å². The van der Waals surface area contributed by atoms with E-state index in [1.54, 1.807) is 23.0 Å². The van der Waals surface area contributed by atoms with Crippen molar-refractivity contribution in [3.8, 4) is 0 Å². The number of nitrogens with one attached hydrogen (secondary N) is 2. The Morgan fingerprint density at radius 2 is 2.17 bits per heavy atom. The van der Waals surface area contributed by atoms with Gasteiger partial charge in [0.2, 0.25) is 5.91 Å². The lowest BCUT2D eigenvalue weighted by Crippen LogP contribution is -2.26. The van der Waals surface area contributed by atoms with Gasteiger partial charge in [-0.25, -0.2) is 4.98 Å². The summed E-state index contributed by atoms with van der Waals surface area (Å²) in [7, 11) is 1.83. The first-order valence-corrected chi connectivity index (χ1v) is 7.59. The summed E-state index contributed by atoms with van der Waals surface area (Å²) in [6, 6.07) is 3.05. The Labute approximate surface area is 134 Å². The van der Waals surface area contributed by atoms with Crippen molar-refractivity contribution in [1.82, 2.24) is 20.1 Å². The quantitative estimate of drug-likeness (QED) is 0.878. The summed E-state index contributed by atoms with van der Waals surface area (Å²) in [6.45, 7) is 1.89. The van der Waals surface area contributed by atoms with Gasteiger partial charge in [0.1, 0.15) is 5.82 Å². The van der Waals surface area contributed by atoms with Crippen LogP contribution in [-0.2, 0) is 11.8 Å². The monoisotopic (exact) mass is 313 g/mol. The van der Waals surface area contributed by atoms with Crippen LogP contribution < -0.4 is 10.6 Å². The van der Waals surface area contributed by atoms with Gasteiger partial charge in [0, 0.05) is 36.5 Å². The molecule has 2 aromatic heterocycles. The number of pyridine rings is 1. The van der Waals surface area contributed by atoms with E-state index in [2.05, 4.69) is 20.7 Å². The summed E-state index contributed by atoms with van der Waals surface area (Å²) < 4.78 is 1.69. The number of aryl methyl sites for hydroxylation is 1. The number of aromatic nitrogens is 3. The highest BCUT2D eigenvalue weighted by molar-refractivity contribution is 5.97. The molecule has 1 fully saturated rings. The molecule has 0 radical (unpaired) electrons. The van der Waals surface area contributed by atoms with Crippen LogP contribution in [-0.4, -0.2) is 26.6 Å². The Bertz CT molecular complexity index is 736. The highest BCUT2D eigenvalue weighted by atomic mass is 16.2. The molecule has 120 valence electrons. The van der Waals surface area contributed by atoms with Gasteiger partial charge in [0.15, 0.2) is 0 Å². The van der Waals surface area contributed by atoms with E-state index in [0.717, 1.165) is 18.4 Å². The van der Waals surface area contributed by atoms with Gasteiger partial charge in [0.25, 0.3) is 5.91 Å². The minimum Gasteiger partial charge on any atom is -0.345 e. The number of nitrogens with zero attached hydrogens (tertiary/aromatic N) is 3. The van der Waals surface area contributed by atoms with E-state index in [1.165, 1.54) is 6.20 Å². The van der Waals surface area contributed by atoms with E-state index in [1.807, 2.05) is 20.2 Å². The van der Waals surface area contributed by atoms with Gasteiger partial charge in [0.05, 0.1) is 12.2 Å². The summed E-state index contributed by atoms with van der Waals surface area (Å²) in [5.74, 6) is 0.257. The zero-order chi connectivity index (χ0) is 16.4. The van der Waals surface area contributed by atoms with Crippen molar-refractivity contribution < 1.29 is 9.59 Å². The minimum atomic E-state index is -0.217. The summed E-state index contributed by atoms with van der Waals surface area (Å²) in [5, 5.41) is 9.75. The maximum Gasteiger partial charge on any atom is 0.251 e. The molecule has 1 unspecified atom stereocenters. The first-order chi connectivity index (χ1) is 11.0. The van der Waals surface area contributed by atoms with Crippen LogP contribution in [0.1, 0.15) is 41.7 Å². The lowest BCUT2D eigenvalue weighted by Gasteiger charge is -2.12. The van der Waals surface area contributed by atoms with Gasteiger partial charge in [-0.2, -0.15) is 5.10 Å². The SMILES string of the molecule is CC(NC(=O)c1ccnc(NC(=O)C2CC2)c1)c1cnn(C)c1. The highest BCUT2D eigenvalue weighted by Gasteiger charge is 2.29. The molecule has 0 aliphatic heterocycles. The van der Waals surface area contributed by atoms with Crippen LogP contribution in [0.3, 0.4) is 0 Å². The van der Waals surface area contributed by atoms with Crippen LogP contribution in [0.5, 0.6) is 0 Å². The van der Waals surface area contributed by atoms with Crippen molar-refractivity contribution in [2.24, 2.45) is 13.0 Å². The van der Waals surface area contributed by atoms with Crippen LogP contribution >= 0.6 is 0 Å². The van der Waals surface area contributed by atoms with Crippen LogP contribution in [0.25, 0.3) is 0 Å². The standard InChI is InChI=1S/C16H19N5O2/c1-10(13-8-18-21(2)9-13)19-16(23)12-5-6-17-14(7-12)20-15(22)11-3-4-11/h5-11H,3-4H2,1-2H3,(H,19,23)(H,17,20,22). The molecule has 0 spiro atoms. The van der Waals surface area contributed by atoms with E-state index < -0.39 is 0 Å². The van der Waals surface area contributed by atoms with Crippen LogP contribution in [0.4, 0.5) is 5.82 Å². The molecule has 1 aliphatic rings. The summed E-state index contributed by atoms with van der Waals surface area (Å²) in [5.41, 5.74) is 1.39. The number of hydrogen-bond acceptors (Lipinski definition) is 4. The molecular weight excluding hydrogens is 294 g/mol. The molecule has 2 amide bonds. The normalized spacial score (nSPS) is 15.0. The lowest BCUT2D eigenvalue weighted by atomic mass is 10.1. The second-order valence-electron chi connectivity index (χ2n) is 5.84. The zero-order valence-electron chi connectivity index (χ0n) is 13.1. The first-order valence-electron chi connectivity index (χ1n) is 7.59. The van der Waals surface area contributed by atoms with Gasteiger partial charge in [-0.3, -0.25) is 14.3 Å². The molecule has 0 aromatic carbocycles. The zero-order valence-corrected chi connectivity index (χ0v) is 13.1. The Kier molecular flexibility index (Phi) is 4.10. The third kappa shape index (κ3) is 3.74. The largest absolute Gasteiger partial charge is 0.345 e. The molecule has 23 heavy (non-hydrogen) atoms. The number of carbonyl (C=O) groups is 2. The molecule has 7 heteroatoms. The second kappa shape index (κ2) is 6.20. The molecule has 1 saturated carbocycles. The van der Waals surface area contributed by atoms with Crippen LogP contribution in [0.15, 0.2) is 30.7 Å². The van der Waals surface area contributed by atoms with Crippen molar-refractivity contribution >= 4 is 17.6 Å². The van der Waals surface area contributed by atoms with Crippen LogP contribution in [0, 0.1) is 5.92 Å². The Morgan fingerprint density at radius 1 is 1.39 bits per heavy atom. The Balaban J connectivity index is 1.65. The first kappa shape index (κ1) is 15.2. The number of amides is 2.